The minimum atomic E-state index is -0.555. The lowest BCUT2D eigenvalue weighted by Gasteiger charge is -2.33. The van der Waals surface area contributed by atoms with Crippen molar-refractivity contribution < 1.29 is 19.1 Å². The van der Waals surface area contributed by atoms with Gasteiger partial charge in [-0.25, -0.2) is 0 Å². The third-order valence-electron chi connectivity index (χ3n) is 4.67. The van der Waals surface area contributed by atoms with Crippen LogP contribution in [0.15, 0.2) is 54.6 Å². The maximum Gasteiger partial charge on any atom is 0.312 e. The summed E-state index contributed by atoms with van der Waals surface area (Å²) in [6, 6.07) is 16.7. The van der Waals surface area contributed by atoms with E-state index >= 15 is 0 Å². The molecule has 2 aromatic carbocycles. The first-order valence-electron chi connectivity index (χ1n) is 9.71. The molecule has 1 heterocycles. The Morgan fingerprint density at radius 3 is 2.31 bits per heavy atom. The van der Waals surface area contributed by atoms with E-state index in [0.717, 1.165) is 11.3 Å². The molecular formula is C22H25N3O4. The molecular weight excluding hydrogens is 370 g/mol. The van der Waals surface area contributed by atoms with Gasteiger partial charge in [0, 0.05) is 38.3 Å². The van der Waals surface area contributed by atoms with Crippen molar-refractivity contribution in [3.05, 3.63) is 60.2 Å². The summed E-state index contributed by atoms with van der Waals surface area (Å²) in [5, 5.41) is 2.79. The van der Waals surface area contributed by atoms with Gasteiger partial charge in [-0.2, -0.15) is 0 Å². The summed E-state index contributed by atoms with van der Waals surface area (Å²) >= 11 is 0. The summed E-state index contributed by atoms with van der Waals surface area (Å²) in [5.74, 6) is -0.544. The number of ether oxygens (including phenoxy) is 1. The third-order valence-corrected chi connectivity index (χ3v) is 4.67. The topological polar surface area (TPSA) is 79.0 Å². The number of amides is 3. The second kappa shape index (κ2) is 9.73. The highest BCUT2D eigenvalue weighted by Gasteiger charge is 2.32. The predicted molar refractivity (Wildman–Crippen MR) is 109 cm³/mol. The summed E-state index contributed by atoms with van der Waals surface area (Å²) in [4.78, 5) is 39.9. The Bertz CT molecular complexity index is 852. The molecule has 152 valence electrons. The van der Waals surface area contributed by atoms with E-state index in [1.165, 1.54) is 4.90 Å². The molecule has 0 saturated carbocycles. The van der Waals surface area contributed by atoms with E-state index in [0.29, 0.717) is 31.9 Å². The molecule has 0 spiro atoms. The minimum absolute atomic E-state index is 0.130. The quantitative estimate of drug-likeness (QED) is 0.696. The summed E-state index contributed by atoms with van der Waals surface area (Å²) in [6.45, 7) is 4.00. The van der Waals surface area contributed by atoms with Crippen LogP contribution in [0.4, 0.5) is 5.69 Å². The fourth-order valence-corrected chi connectivity index (χ4v) is 3.14. The van der Waals surface area contributed by atoms with Crippen molar-refractivity contribution in [3.8, 4) is 5.75 Å². The van der Waals surface area contributed by atoms with Crippen LogP contribution in [0.3, 0.4) is 0 Å². The van der Waals surface area contributed by atoms with Gasteiger partial charge in [0.2, 0.25) is 5.91 Å². The Labute approximate surface area is 170 Å². The van der Waals surface area contributed by atoms with Crippen LogP contribution in [0.2, 0.25) is 0 Å². The molecule has 0 radical (unpaired) electrons. The van der Waals surface area contributed by atoms with Crippen LogP contribution in [-0.4, -0.2) is 53.8 Å². The molecule has 0 unspecified atom stereocenters. The first-order chi connectivity index (χ1) is 14.1. The number of rotatable bonds is 8. The smallest absolute Gasteiger partial charge is 0.312 e. The lowest BCUT2D eigenvalue weighted by molar-refractivity contribution is -0.156. The Balaban J connectivity index is 1.46. The molecule has 3 amide bonds. The van der Waals surface area contributed by atoms with Crippen LogP contribution in [0, 0.1) is 0 Å². The average Bonchev–Trinajstić information content (AvgIpc) is 2.73. The minimum Gasteiger partial charge on any atom is -0.494 e. The number of nitrogens with one attached hydrogen (secondary N) is 1. The first-order valence-corrected chi connectivity index (χ1v) is 9.71. The van der Waals surface area contributed by atoms with Crippen LogP contribution < -0.4 is 10.1 Å². The molecule has 1 aliphatic heterocycles. The van der Waals surface area contributed by atoms with Gasteiger partial charge in [-0.05, 0) is 36.8 Å². The van der Waals surface area contributed by atoms with Gasteiger partial charge in [0.25, 0.3) is 0 Å². The molecule has 7 nitrogen and oxygen atoms in total. The van der Waals surface area contributed by atoms with Gasteiger partial charge in [0.15, 0.2) is 0 Å². The lowest BCUT2D eigenvalue weighted by atomic mass is 10.2. The molecule has 0 bridgehead atoms. The summed E-state index contributed by atoms with van der Waals surface area (Å²) in [5.41, 5.74) is 1.64. The van der Waals surface area contributed by atoms with Crippen molar-refractivity contribution in [3.63, 3.8) is 0 Å². The van der Waals surface area contributed by atoms with Gasteiger partial charge in [0.05, 0.1) is 6.61 Å². The predicted octanol–water partition coefficient (Wildman–Crippen LogP) is 2.28. The van der Waals surface area contributed by atoms with Gasteiger partial charge in [-0.15, -0.1) is 0 Å². The highest BCUT2D eigenvalue weighted by Crippen LogP contribution is 2.16. The van der Waals surface area contributed by atoms with Crippen molar-refractivity contribution in [1.82, 2.24) is 9.80 Å². The standard InChI is InChI=1S/C22H25N3O4/c1-2-29-19-10-8-18(9-11-19)23-20(26)12-13-24-14-15-25(22(28)21(24)27)16-17-6-4-3-5-7-17/h3-11H,2,12-16H2,1H3,(H,23,26). The van der Waals surface area contributed by atoms with Crippen LogP contribution in [-0.2, 0) is 20.9 Å². The molecule has 29 heavy (non-hydrogen) atoms. The maximum atomic E-state index is 12.4. The third kappa shape index (κ3) is 5.57. The molecule has 1 fully saturated rings. The van der Waals surface area contributed by atoms with E-state index in [4.69, 9.17) is 4.74 Å². The number of nitrogens with zero attached hydrogens (tertiary/aromatic N) is 2. The second-order valence-electron chi connectivity index (χ2n) is 6.76. The Kier molecular flexibility index (Phi) is 6.84. The largest absolute Gasteiger partial charge is 0.494 e. The Morgan fingerprint density at radius 1 is 0.966 bits per heavy atom. The molecule has 7 heteroatoms. The van der Waals surface area contributed by atoms with Crippen LogP contribution in [0.25, 0.3) is 0 Å². The van der Waals surface area contributed by atoms with Crippen molar-refractivity contribution in [2.45, 2.75) is 19.9 Å². The van der Waals surface area contributed by atoms with E-state index in [9.17, 15) is 14.4 Å². The van der Waals surface area contributed by atoms with Gasteiger partial charge in [-0.1, -0.05) is 30.3 Å². The zero-order valence-electron chi connectivity index (χ0n) is 16.5. The van der Waals surface area contributed by atoms with Gasteiger partial charge >= 0.3 is 11.8 Å². The SMILES string of the molecule is CCOc1ccc(NC(=O)CCN2CCN(Cc3ccccc3)C(=O)C2=O)cc1. The van der Waals surface area contributed by atoms with Crippen LogP contribution >= 0.6 is 0 Å². The van der Waals surface area contributed by atoms with Crippen LogP contribution in [0.1, 0.15) is 18.9 Å². The van der Waals surface area contributed by atoms with E-state index in [1.54, 1.807) is 29.2 Å². The zero-order valence-corrected chi connectivity index (χ0v) is 16.5. The highest BCUT2D eigenvalue weighted by atomic mass is 16.5. The number of piperazine rings is 1. The summed E-state index contributed by atoms with van der Waals surface area (Å²) in [6.07, 6.45) is 0.130. The fraction of sp³-hybridized carbons (Fsp3) is 0.318. The van der Waals surface area contributed by atoms with Crippen molar-refractivity contribution in [1.29, 1.82) is 0 Å². The normalized spacial score (nSPS) is 14.1. The fourth-order valence-electron chi connectivity index (χ4n) is 3.14. The molecule has 0 aromatic heterocycles. The molecule has 1 saturated heterocycles. The Morgan fingerprint density at radius 2 is 1.62 bits per heavy atom. The molecule has 0 aliphatic carbocycles. The number of benzene rings is 2. The monoisotopic (exact) mass is 395 g/mol. The number of carbonyl (C=O) groups is 3. The van der Waals surface area contributed by atoms with Crippen molar-refractivity contribution in [2.75, 3.05) is 31.6 Å². The average molecular weight is 395 g/mol. The number of carbonyl (C=O) groups excluding carboxylic acids is 3. The molecule has 2 aromatic rings. The zero-order chi connectivity index (χ0) is 20.6. The highest BCUT2D eigenvalue weighted by molar-refractivity contribution is 6.35. The number of hydrogen-bond donors (Lipinski definition) is 1. The van der Waals surface area contributed by atoms with E-state index < -0.39 is 11.8 Å². The van der Waals surface area contributed by atoms with Crippen molar-refractivity contribution >= 4 is 23.4 Å². The van der Waals surface area contributed by atoms with Gasteiger partial charge in [0.1, 0.15) is 5.75 Å². The maximum absolute atomic E-state index is 12.4. The van der Waals surface area contributed by atoms with E-state index in [-0.39, 0.29) is 18.9 Å². The molecule has 1 N–H and O–H groups in total. The molecule has 3 rings (SSSR count). The molecule has 1 aliphatic rings. The lowest BCUT2D eigenvalue weighted by Crippen LogP contribution is -2.54. The summed E-state index contributed by atoms with van der Waals surface area (Å²) < 4.78 is 5.37. The summed E-state index contributed by atoms with van der Waals surface area (Å²) in [7, 11) is 0. The van der Waals surface area contributed by atoms with Gasteiger partial charge < -0.3 is 19.9 Å². The van der Waals surface area contributed by atoms with E-state index in [2.05, 4.69) is 5.32 Å². The van der Waals surface area contributed by atoms with Crippen molar-refractivity contribution in [2.24, 2.45) is 0 Å². The Hall–Kier alpha value is -3.35. The van der Waals surface area contributed by atoms with Crippen LogP contribution in [0.5, 0.6) is 5.75 Å². The molecule has 0 atom stereocenters. The van der Waals surface area contributed by atoms with E-state index in [1.807, 2.05) is 37.3 Å². The van der Waals surface area contributed by atoms with Gasteiger partial charge in [-0.3, -0.25) is 14.4 Å². The first kappa shape index (κ1) is 20.4. The number of anilines is 1. The number of hydrogen-bond acceptors (Lipinski definition) is 4. The second-order valence-corrected chi connectivity index (χ2v) is 6.76.